The minimum Gasteiger partial charge on any atom is -0.496 e. The highest BCUT2D eigenvalue weighted by molar-refractivity contribution is 7.89. The average molecular weight is 406 g/mol. The van der Waals surface area contributed by atoms with Crippen LogP contribution in [0.15, 0.2) is 29.3 Å². The fraction of sp³-hybridized carbons (Fsp3) is 0.474. The summed E-state index contributed by atoms with van der Waals surface area (Å²) >= 11 is 0. The van der Waals surface area contributed by atoms with Crippen molar-refractivity contribution in [3.8, 4) is 5.75 Å². The van der Waals surface area contributed by atoms with E-state index in [0.29, 0.717) is 42.4 Å². The maximum atomic E-state index is 13.2. The number of nitrogens with zero attached hydrogens (tertiary/aromatic N) is 5. The second-order valence-electron chi connectivity index (χ2n) is 7.14. The molecule has 1 aromatic heterocycles. The van der Waals surface area contributed by atoms with Crippen LogP contribution in [-0.2, 0) is 10.0 Å². The van der Waals surface area contributed by atoms with Crippen molar-refractivity contribution in [1.29, 1.82) is 0 Å². The molecule has 1 aliphatic heterocycles. The van der Waals surface area contributed by atoms with E-state index < -0.39 is 10.0 Å². The van der Waals surface area contributed by atoms with Gasteiger partial charge >= 0.3 is 0 Å². The van der Waals surface area contributed by atoms with Crippen molar-refractivity contribution >= 4 is 21.5 Å². The Hall–Kier alpha value is -2.39. The molecule has 0 spiro atoms. The van der Waals surface area contributed by atoms with Crippen molar-refractivity contribution in [2.45, 2.75) is 18.7 Å². The Kier molecular flexibility index (Phi) is 5.76. The van der Waals surface area contributed by atoms with Gasteiger partial charge in [0.2, 0.25) is 10.0 Å². The topological polar surface area (TPSA) is 78.9 Å². The standard InChI is InChI=1S/C19H27N5O3S/c1-14-11-18(15(2)10-17(14)27-5)28(25,26)24-8-6-23(7-9-24)19-12-16(22(3)4)13-20-21-19/h10-13H,6-9H2,1-5H3. The molecular weight excluding hydrogens is 378 g/mol. The van der Waals surface area contributed by atoms with Crippen LogP contribution in [0.4, 0.5) is 11.5 Å². The highest BCUT2D eigenvalue weighted by Gasteiger charge is 2.30. The van der Waals surface area contributed by atoms with Gasteiger partial charge in [0.1, 0.15) is 5.75 Å². The predicted molar refractivity (Wildman–Crippen MR) is 110 cm³/mol. The number of aryl methyl sites for hydroxylation is 2. The third kappa shape index (κ3) is 3.90. The number of anilines is 2. The molecule has 0 atom stereocenters. The lowest BCUT2D eigenvalue weighted by molar-refractivity contribution is 0.382. The molecule has 0 bridgehead atoms. The molecule has 0 unspecified atom stereocenters. The molecule has 1 fully saturated rings. The minimum atomic E-state index is -3.56. The van der Waals surface area contributed by atoms with E-state index >= 15 is 0 Å². The molecule has 1 aliphatic rings. The van der Waals surface area contributed by atoms with Crippen LogP contribution < -0.4 is 14.5 Å². The lowest BCUT2D eigenvalue weighted by atomic mass is 10.1. The van der Waals surface area contributed by atoms with Crippen molar-refractivity contribution < 1.29 is 13.2 Å². The molecule has 0 aliphatic carbocycles. The summed E-state index contributed by atoms with van der Waals surface area (Å²) in [6, 6.07) is 5.44. The molecule has 2 heterocycles. The van der Waals surface area contributed by atoms with Crippen LogP contribution in [0.5, 0.6) is 5.75 Å². The Balaban J connectivity index is 1.77. The quantitative estimate of drug-likeness (QED) is 0.749. The van der Waals surface area contributed by atoms with Gasteiger partial charge in [0.15, 0.2) is 5.82 Å². The van der Waals surface area contributed by atoms with Gasteiger partial charge in [-0.05, 0) is 37.1 Å². The summed E-state index contributed by atoms with van der Waals surface area (Å²) in [5.74, 6) is 1.46. The molecule has 3 rings (SSSR count). The number of methoxy groups -OCH3 is 1. The van der Waals surface area contributed by atoms with E-state index in [1.165, 1.54) is 0 Å². The van der Waals surface area contributed by atoms with E-state index in [0.717, 1.165) is 17.1 Å². The lowest BCUT2D eigenvalue weighted by Crippen LogP contribution is -2.49. The molecule has 1 aromatic carbocycles. The van der Waals surface area contributed by atoms with Gasteiger partial charge in [0, 0.05) is 46.3 Å². The van der Waals surface area contributed by atoms with Crippen LogP contribution in [-0.4, -0.2) is 70.3 Å². The molecular formula is C19H27N5O3S. The molecule has 0 amide bonds. The fourth-order valence-corrected chi connectivity index (χ4v) is 5.02. The largest absolute Gasteiger partial charge is 0.496 e. The summed E-state index contributed by atoms with van der Waals surface area (Å²) in [5, 5.41) is 8.26. The Morgan fingerprint density at radius 3 is 2.32 bits per heavy atom. The molecule has 0 saturated carbocycles. The van der Waals surface area contributed by atoms with Crippen LogP contribution in [0.3, 0.4) is 0 Å². The third-order valence-electron chi connectivity index (χ3n) is 5.02. The molecule has 9 heteroatoms. The van der Waals surface area contributed by atoms with Crippen LogP contribution in [0.2, 0.25) is 0 Å². The second kappa shape index (κ2) is 7.92. The van der Waals surface area contributed by atoms with Crippen LogP contribution in [0, 0.1) is 13.8 Å². The summed E-state index contributed by atoms with van der Waals surface area (Å²) in [5.41, 5.74) is 2.46. The van der Waals surface area contributed by atoms with Crippen molar-refractivity contribution in [3.05, 3.63) is 35.5 Å². The fourth-order valence-electron chi connectivity index (χ4n) is 3.30. The van der Waals surface area contributed by atoms with Crippen molar-refractivity contribution in [3.63, 3.8) is 0 Å². The maximum Gasteiger partial charge on any atom is 0.243 e. The zero-order chi connectivity index (χ0) is 20.5. The summed E-state index contributed by atoms with van der Waals surface area (Å²) in [4.78, 5) is 4.37. The van der Waals surface area contributed by atoms with Crippen molar-refractivity contribution in [2.24, 2.45) is 0 Å². The monoisotopic (exact) mass is 405 g/mol. The SMILES string of the molecule is COc1cc(C)c(S(=O)(=O)N2CCN(c3cc(N(C)C)cnn3)CC2)cc1C. The molecule has 2 aromatic rings. The average Bonchev–Trinajstić information content (AvgIpc) is 2.69. The molecule has 152 valence electrons. The smallest absolute Gasteiger partial charge is 0.243 e. The lowest BCUT2D eigenvalue weighted by Gasteiger charge is -2.35. The van der Waals surface area contributed by atoms with E-state index in [4.69, 9.17) is 4.74 Å². The summed E-state index contributed by atoms with van der Waals surface area (Å²) in [7, 11) is 1.92. The molecule has 28 heavy (non-hydrogen) atoms. The van der Waals surface area contributed by atoms with Gasteiger partial charge in [-0.2, -0.15) is 9.40 Å². The second-order valence-corrected chi connectivity index (χ2v) is 9.05. The van der Waals surface area contributed by atoms with E-state index in [2.05, 4.69) is 15.1 Å². The molecule has 0 radical (unpaired) electrons. The van der Waals surface area contributed by atoms with Crippen LogP contribution in [0.25, 0.3) is 0 Å². The van der Waals surface area contributed by atoms with Gasteiger partial charge in [-0.1, -0.05) is 0 Å². The Morgan fingerprint density at radius 2 is 1.71 bits per heavy atom. The molecule has 1 saturated heterocycles. The Morgan fingerprint density at radius 1 is 1.04 bits per heavy atom. The summed E-state index contributed by atoms with van der Waals surface area (Å²) in [6.07, 6.45) is 1.71. The van der Waals surface area contributed by atoms with Crippen LogP contribution in [0.1, 0.15) is 11.1 Å². The highest BCUT2D eigenvalue weighted by Crippen LogP contribution is 2.28. The van der Waals surface area contributed by atoms with Crippen molar-refractivity contribution in [1.82, 2.24) is 14.5 Å². The van der Waals surface area contributed by atoms with Gasteiger partial charge in [-0.3, -0.25) is 0 Å². The van der Waals surface area contributed by atoms with Gasteiger partial charge in [0.05, 0.1) is 23.9 Å². The first-order chi connectivity index (χ1) is 13.2. The third-order valence-corrected chi connectivity index (χ3v) is 7.06. The number of sulfonamides is 1. The normalized spacial score (nSPS) is 15.5. The van der Waals surface area contributed by atoms with Gasteiger partial charge < -0.3 is 14.5 Å². The number of ether oxygens (including phenoxy) is 1. The number of piperazine rings is 1. The van der Waals surface area contributed by atoms with E-state index in [9.17, 15) is 8.42 Å². The summed E-state index contributed by atoms with van der Waals surface area (Å²) in [6.45, 7) is 5.60. The van der Waals surface area contributed by atoms with Gasteiger partial charge in [-0.15, -0.1) is 5.10 Å². The first-order valence-electron chi connectivity index (χ1n) is 9.14. The maximum absolute atomic E-state index is 13.2. The van der Waals surface area contributed by atoms with E-state index in [1.54, 1.807) is 36.7 Å². The van der Waals surface area contributed by atoms with E-state index in [-0.39, 0.29) is 0 Å². The van der Waals surface area contributed by atoms with Crippen LogP contribution >= 0.6 is 0 Å². The first kappa shape index (κ1) is 20.3. The predicted octanol–water partition coefficient (Wildman–Crippen LogP) is 1.68. The summed E-state index contributed by atoms with van der Waals surface area (Å²) < 4.78 is 33.2. The number of aromatic nitrogens is 2. The van der Waals surface area contributed by atoms with Crippen molar-refractivity contribution in [2.75, 3.05) is 57.2 Å². The number of rotatable bonds is 5. The zero-order valence-electron chi connectivity index (χ0n) is 17.0. The van der Waals surface area contributed by atoms with E-state index in [1.807, 2.05) is 32.0 Å². The molecule has 8 nitrogen and oxygen atoms in total. The minimum absolute atomic E-state index is 0.341. The molecule has 0 N–H and O–H groups in total. The number of benzene rings is 1. The van der Waals surface area contributed by atoms with Gasteiger partial charge in [0.25, 0.3) is 0 Å². The highest BCUT2D eigenvalue weighted by atomic mass is 32.2. The number of hydrogen-bond acceptors (Lipinski definition) is 7. The van der Waals surface area contributed by atoms with Gasteiger partial charge in [-0.25, -0.2) is 8.42 Å². The Bertz CT molecular complexity index is 954. The zero-order valence-corrected chi connectivity index (χ0v) is 17.8. The Labute approximate surface area is 166 Å². The first-order valence-corrected chi connectivity index (χ1v) is 10.6. The number of hydrogen-bond donors (Lipinski definition) is 0.